The van der Waals surface area contributed by atoms with Gasteiger partial charge in [-0.2, -0.15) is 4.31 Å². The summed E-state index contributed by atoms with van der Waals surface area (Å²) in [5.74, 6) is -0.808. The number of likely N-dealkylation sites (tertiary alicyclic amines) is 1. The molecule has 0 radical (unpaired) electrons. The minimum Gasteiger partial charge on any atom is -0.369 e. The third kappa shape index (κ3) is 6.26. The van der Waals surface area contributed by atoms with Crippen LogP contribution in [-0.4, -0.2) is 83.0 Å². The van der Waals surface area contributed by atoms with Gasteiger partial charge in [-0.3, -0.25) is 4.79 Å². The fourth-order valence-corrected chi connectivity index (χ4v) is 7.47. The number of aryl methyl sites for hydroxylation is 1. The van der Waals surface area contributed by atoms with E-state index in [1.807, 2.05) is 32.0 Å². The van der Waals surface area contributed by atoms with Gasteiger partial charge in [-0.25, -0.2) is 13.1 Å². The Morgan fingerprint density at radius 1 is 1.00 bits per heavy atom. The number of halogens is 3. The molecule has 214 valence electrons. The van der Waals surface area contributed by atoms with Gasteiger partial charge >= 0.3 is 0 Å². The zero-order chi connectivity index (χ0) is 28.6. The van der Waals surface area contributed by atoms with Crippen LogP contribution < -0.4 is 4.90 Å². The lowest BCUT2D eigenvalue weighted by Gasteiger charge is -2.38. The van der Waals surface area contributed by atoms with Crippen molar-refractivity contribution in [1.29, 1.82) is 0 Å². The Labute approximate surface area is 249 Å². The van der Waals surface area contributed by atoms with Crippen LogP contribution in [0.1, 0.15) is 36.9 Å². The second-order valence-electron chi connectivity index (χ2n) is 10.4. The highest BCUT2D eigenvalue weighted by atomic mass is 35.5. The van der Waals surface area contributed by atoms with Crippen molar-refractivity contribution in [3.63, 3.8) is 0 Å². The maximum absolute atomic E-state index is 13.2. The number of carbonyl (C=O) groups is 1. The van der Waals surface area contributed by atoms with Gasteiger partial charge in [0.1, 0.15) is 5.75 Å². The molecule has 2 fully saturated rings. The van der Waals surface area contributed by atoms with Crippen LogP contribution >= 0.6 is 34.8 Å². The molecular formula is C27H31Cl3N6O3S. The molecule has 5 rings (SSSR count). The zero-order valence-electron chi connectivity index (χ0n) is 22.3. The Bertz CT molecular complexity index is 1510. The number of sulfonamides is 1. The Balaban J connectivity index is 1.17. The summed E-state index contributed by atoms with van der Waals surface area (Å²) < 4.78 is 29.3. The van der Waals surface area contributed by atoms with Crippen LogP contribution in [0.3, 0.4) is 0 Å². The summed E-state index contributed by atoms with van der Waals surface area (Å²) in [6.45, 7) is 6.33. The number of hydrogen-bond donors (Lipinski definition) is 0. The van der Waals surface area contributed by atoms with Gasteiger partial charge in [0.15, 0.2) is 0 Å². The molecule has 0 aliphatic carbocycles. The second kappa shape index (κ2) is 11.9. The fraction of sp³-hybridized carbons (Fsp3) is 0.444. The highest BCUT2D eigenvalue weighted by Crippen LogP contribution is 2.34. The van der Waals surface area contributed by atoms with Crippen LogP contribution in [0, 0.1) is 6.92 Å². The van der Waals surface area contributed by atoms with E-state index in [9.17, 15) is 13.2 Å². The number of amides is 1. The number of nitrogens with zero attached hydrogens (tertiary/aromatic N) is 6. The molecule has 2 saturated heterocycles. The van der Waals surface area contributed by atoms with Gasteiger partial charge in [0.05, 0.1) is 32.6 Å². The van der Waals surface area contributed by atoms with Crippen molar-refractivity contribution < 1.29 is 13.2 Å². The van der Waals surface area contributed by atoms with E-state index in [1.165, 1.54) is 4.31 Å². The molecule has 13 heteroatoms. The second-order valence-corrected chi connectivity index (χ2v) is 13.6. The third-order valence-corrected chi connectivity index (χ3v) is 10.5. The molecule has 1 amide bonds. The van der Waals surface area contributed by atoms with E-state index in [1.54, 1.807) is 27.9 Å². The van der Waals surface area contributed by atoms with E-state index in [-0.39, 0.29) is 17.9 Å². The number of benzene rings is 2. The lowest BCUT2D eigenvalue weighted by Crippen LogP contribution is -2.52. The zero-order valence-corrected chi connectivity index (χ0v) is 25.4. The minimum atomic E-state index is -3.72. The quantitative estimate of drug-likeness (QED) is 0.366. The maximum Gasteiger partial charge on any atom is 0.239 e. The number of hydrogen-bond acceptors (Lipinski definition) is 6. The highest BCUT2D eigenvalue weighted by Gasteiger charge is 2.35. The fourth-order valence-electron chi connectivity index (χ4n) is 5.46. The van der Waals surface area contributed by atoms with E-state index in [4.69, 9.17) is 34.8 Å². The first-order valence-electron chi connectivity index (χ1n) is 13.2. The Morgan fingerprint density at radius 3 is 2.42 bits per heavy atom. The van der Waals surface area contributed by atoms with Crippen LogP contribution in [0.4, 0.5) is 5.69 Å². The summed E-state index contributed by atoms with van der Waals surface area (Å²) in [5.41, 5.74) is 3.60. The average molecular weight is 626 g/mol. The smallest absolute Gasteiger partial charge is 0.239 e. The molecular weight excluding hydrogens is 595 g/mol. The normalized spacial score (nSPS) is 20.6. The van der Waals surface area contributed by atoms with Crippen molar-refractivity contribution in [2.45, 2.75) is 38.6 Å². The predicted octanol–water partition coefficient (Wildman–Crippen LogP) is 4.78. The van der Waals surface area contributed by atoms with Crippen LogP contribution in [0.25, 0.3) is 5.69 Å². The van der Waals surface area contributed by atoms with Crippen molar-refractivity contribution in [3.8, 4) is 5.69 Å². The third-order valence-electron chi connectivity index (χ3n) is 7.67. The van der Waals surface area contributed by atoms with E-state index < -0.39 is 15.8 Å². The standard InChI is InChI=1S/C27H31Cl3N6O3S/c1-18-4-3-5-21(12-18)33-8-10-34(11-9-33)40(38,39)17-27(37)35-7-6-20(13-19(35)2)25-16-36(32-31-25)26-15-23(29)22(28)14-24(26)30/h3-5,12,14-16,19-20H,6-11,13,17H2,1-2H3. The number of piperidine rings is 1. The molecule has 1 aromatic heterocycles. The van der Waals surface area contributed by atoms with E-state index >= 15 is 0 Å². The minimum absolute atomic E-state index is 0.0701. The molecule has 0 bridgehead atoms. The molecule has 2 aliphatic heterocycles. The Kier molecular flexibility index (Phi) is 8.63. The molecule has 2 aliphatic rings. The Hall–Kier alpha value is -2.37. The largest absolute Gasteiger partial charge is 0.369 e. The van der Waals surface area contributed by atoms with Crippen molar-refractivity contribution >= 4 is 56.4 Å². The van der Waals surface area contributed by atoms with Gasteiger partial charge in [0.2, 0.25) is 15.9 Å². The lowest BCUT2D eigenvalue weighted by atomic mass is 9.89. The molecule has 3 heterocycles. The lowest BCUT2D eigenvalue weighted by molar-refractivity contribution is -0.131. The van der Waals surface area contributed by atoms with Gasteiger partial charge in [0, 0.05) is 50.4 Å². The Morgan fingerprint density at radius 2 is 1.73 bits per heavy atom. The summed E-state index contributed by atoms with van der Waals surface area (Å²) in [5, 5.41) is 9.67. The van der Waals surface area contributed by atoms with Gasteiger partial charge in [-0.1, -0.05) is 52.1 Å². The summed E-state index contributed by atoms with van der Waals surface area (Å²) >= 11 is 18.5. The first kappa shape index (κ1) is 29.1. The van der Waals surface area contributed by atoms with Crippen LogP contribution in [0.5, 0.6) is 0 Å². The van der Waals surface area contributed by atoms with E-state index in [0.29, 0.717) is 66.3 Å². The topological polar surface area (TPSA) is 91.6 Å². The first-order valence-corrected chi connectivity index (χ1v) is 15.9. The molecule has 0 spiro atoms. The van der Waals surface area contributed by atoms with E-state index in [2.05, 4.69) is 21.3 Å². The van der Waals surface area contributed by atoms with Gasteiger partial charge in [-0.15, -0.1) is 5.10 Å². The van der Waals surface area contributed by atoms with Gasteiger partial charge in [0.25, 0.3) is 0 Å². The van der Waals surface area contributed by atoms with Crippen LogP contribution in [0.2, 0.25) is 15.1 Å². The molecule has 2 atom stereocenters. The number of carbonyl (C=O) groups excluding carboxylic acids is 1. The molecule has 9 nitrogen and oxygen atoms in total. The summed E-state index contributed by atoms with van der Waals surface area (Å²) in [4.78, 5) is 17.0. The molecule has 2 unspecified atom stereocenters. The van der Waals surface area contributed by atoms with Crippen LogP contribution in [0.15, 0.2) is 42.6 Å². The van der Waals surface area contributed by atoms with Crippen molar-refractivity contribution in [3.05, 3.63) is 68.9 Å². The van der Waals surface area contributed by atoms with Crippen molar-refractivity contribution in [1.82, 2.24) is 24.2 Å². The maximum atomic E-state index is 13.2. The van der Waals surface area contributed by atoms with Crippen molar-refractivity contribution in [2.24, 2.45) is 0 Å². The molecule has 40 heavy (non-hydrogen) atoms. The highest BCUT2D eigenvalue weighted by molar-refractivity contribution is 7.89. The number of piperazine rings is 1. The molecule has 2 aromatic carbocycles. The SMILES string of the molecule is Cc1cccc(N2CCN(S(=O)(=O)CC(=O)N3CCC(c4cn(-c5cc(Cl)c(Cl)cc5Cl)nn4)CC3C)CC2)c1. The summed E-state index contributed by atoms with van der Waals surface area (Å²) in [6.07, 6.45) is 3.11. The number of anilines is 1. The molecule has 3 aromatic rings. The van der Waals surface area contributed by atoms with E-state index in [0.717, 1.165) is 16.9 Å². The average Bonchev–Trinajstić information content (AvgIpc) is 3.40. The summed E-state index contributed by atoms with van der Waals surface area (Å²) in [6, 6.07) is 11.2. The molecule has 0 saturated carbocycles. The molecule has 0 N–H and O–H groups in total. The first-order chi connectivity index (χ1) is 19.0. The predicted molar refractivity (Wildman–Crippen MR) is 158 cm³/mol. The monoisotopic (exact) mass is 624 g/mol. The number of rotatable bonds is 6. The van der Waals surface area contributed by atoms with Gasteiger partial charge < -0.3 is 9.80 Å². The van der Waals surface area contributed by atoms with Crippen molar-refractivity contribution in [2.75, 3.05) is 43.4 Å². The number of aromatic nitrogens is 3. The summed E-state index contributed by atoms with van der Waals surface area (Å²) in [7, 11) is -3.72. The van der Waals surface area contributed by atoms with Crippen LogP contribution in [-0.2, 0) is 14.8 Å². The van der Waals surface area contributed by atoms with Gasteiger partial charge in [-0.05, 0) is 56.5 Å².